The highest BCUT2D eigenvalue weighted by Gasteiger charge is 2.23. The summed E-state index contributed by atoms with van der Waals surface area (Å²) in [5.41, 5.74) is 1.52. The molecule has 1 heterocycles. The molecule has 102 valence electrons. The number of aromatic nitrogens is 2. The molecule has 1 N–H and O–H groups in total. The predicted molar refractivity (Wildman–Crippen MR) is 85.4 cm³/mol. The quantitative estimate of drug-likeness (QED) is 0.747. The number of hydrogen-bond acceptors (Lipinski definition) is 3. The summed E-state index contributed by atoms with van der Waals surface area (Å²) in [7, 11) is 1.58. The minimum Gasteiger partial charge on any atom is -0.493 e. The Morgan fingerprint density at radius 3 is 2.89 bits per heavy atom. The van der Waals surface area contributed by atoms with Gasteiger partial charge in [-0.15, -0.1) is 0 Å². The molecular weight excluding hydrogens is 423 g/mol. The van der Waals surface area contributed by atoms with Crippen molar-refractivity contribution in [3.8, 4) is 5.75 Å². The number of benzene rings is 1. The topological polar surface area (TPSA) is 47.3 Å². The SMILES string of the molecule is CCn1ncc(OC)c1C(O)c1cc(Br)ccc1I. The van der Waals surface area contributed by atoms with Crippen LogP contribution in [0.3, 0.4) is 0 Å². The van der Waals surface area contributed by atoms with E-state index in [4.69, 9.17) is 4.74 Å². The van der Waals surface area contributed by atoms with E-state index >= 15 is 0 Å². The smallest absolute Gasteiger partial charge is 0.163 e. The maximum absolute atomic E-state index is 10.6. The summed E-state index contributed by atoms with van der Waals surface area (Å²) in [4.78, 5) is 0. The lowest BCUT2D eigenvalue weighted by atomic mass is 10.1. The first-order chi connectivity index (χ1) is 9.08. The van der Waals surface area contributed by atoms with E-state index in [9.17, 15) is 5.11 Å². The Labute approximate surface area is 134 Å². The van der Waals surface area contributed by atoms with Crippen molar-refractivity contribution >= 4 is 38.5 Å². The average Bonchev–Trinajstić information content (AvgIpc) is 2.83. The highest BCUT2D eigenvalue weighted by atomic mass is 127. The van der Waals surface area contributed by atoms with Gasteiger partial charge in [0.1, 0.15) is 11.8 Å². The van der Waals surface area contributed by atoms with Crippen molar-refractivity contribution in [2.75, 3.05) is 7.11 Å². The summed E-state index contributed by atoms with van der Waals surface area (Å²) in [6.07, 6.45) is 0.870. The zero-order valence-corrected chi connectivity index (χ0v) is 14.3. The minimum absolute atomic E-state index is 0.602. The lowest BCUT2D eigenvalue weighted by molar-refractivity contribution is 0.201. The third-order valence-corrected chi connectivity index (χ3v) is 4.35. The monoisotopic (exact) mass is 436 g/mol. The van der Waals surface area contributed by atoms with Gasteiger partial charge < -0.3 is 9.84 Å². The van der Waals surface area contributed by atoms with Gasteiger partial charge in [0.15, 0.2) is 5.75 Å². The number of halogens is 2. The molecule has 0 radical (unpaired) electrons. The van der Waals surface area contributed by atoms with Gasteiger partial charge in [0.2, 0.25) is 0 Å². The van der Waals surface area contributed by atoms with Gasteiger partial charge in [0, 0.05) is 20.2 Å². The van der Waals surface area contributed by atoms with Crippen LogP contribution in [-0.4, -0.2) is 22.0 Å². The number of aryl methyl sites for hydroxylation is 1. The third-order valence-electron chi connectivity index (χ3n) is 2.88. The van der Waals surface area contributed by atoms with Crippen LogP contribution in [0, 0.1) is 3.57 Å². The highest BCUT2D eigenvalue weighted by molar-refractivity contribution is 14.1. The van der Waals surface area contributed by atoms with Crippen molar-refractivity contribution in [3.63, 3.8) is 0 Å². The molecule has 2 aromatic rings. The van der Waals surface area contributed by atoms with Crippen molar-refractivity contribution in [2.24, 2.45) is 0 Å². The summed E-state index contributed by atoms with van der Waals surface area (Å²) >= 11 is 5.64. The van der Waals surface area contributed by atoms with Crippen LogP contribution in [0.15, 0.2) is 28.9 Å². The molecule has 0 bridgehead atoms. The van der Waals surface area contributed by atoms with Crippen LogP contribution in [0.1, 0.15) is 24.3 Å². The van der Waals surface area contributed by atoms with E-state index in [1.807, 2.05) is 25.1 Å². The van der Waals surface area contributed by atoms with E-state index in [0.29, 0.717) is 18.0 Å². The first-order valence-electron chi connectivity index (χ1n) is 5.81. The van der Waals surface area contributed by atoms with E-state index in [-0.39, 0.29) is 0 Å². The summed E-state index contributed by atoms with van der Waals surface area (Å²) in [5, 5.41) is 14.9. The Morgan fingerprint density at radius 1 is 1.53 bits per heavy atom. The Bertz CT molecular complexity index is 565. The summed E-state index contributed by atoms with van der Waals surface area (Å²) in [6.45, 7) is 2.66. The lowest BCUT2D eigenvalue weighted by Crippen LogP contribution is -2.11. The van der Waals surface area contributed by atoms with Crippen LogP contribution in [0.25, 0.3) is 0 Å². The second-order valence-electron chi connectivity index (χ2n) is 3.98. The minimum atomic E-state index is -0.762. The first-order valence-corrected chi connectivity index (χ1v) is 7.68. The largest absolute Gasteiger partial charge is 0.493 e. The molecule has 1 aromatic carbocycles. The molecule has 2 rings (SSSR count). The Kier molecular flexibility index (Phi) is 4.86. The van der Waals surface area contributed by atoms with Crippen LogP contribution in [0.5, 0.6) is 5.75 Å². The molecular formula is C13H14BrIN2O2. The molecule has 1 unspecified atom stereocenters. The summed E-state index contributed by atoms with van der Waals surface area (Å²) in [6, 6.07) is 5.83. The third kappa shape index (κ3) is 2.95. The van der Waals surface area contributed by atoms with Crippen LogP contribution in [0.4, 0.5) is 0 Å². The second-order valence-corrected chi connectivity index (χ2v) is 6.06. The fourth-order valence-corrected chi connectivity index (χ4v) is 2.94. The number of nitrogens with zero attached hydrogens (tertiary/aromatic N) is 2. The fourth-order valence-electron chi connectivity index (χ4n) is 1.93. The van der Waals surface area contributed by atoms with Gasteiger partial charge in [-0.1, -0.05) is 15.9 Å². The fraction of sp³-hybridized carbons (Fsp3) is 0.308. The van der Waals surface area contributed by atoms with E-state index in [2.05, 4.69) is 43.6 Å². The standard InChI is InChI=1S/C13H14BrIN2O2/c1-3-17-12(11(19-2)7-16-17)13(18)9-6-8(14)4-5-10(9)15/h4-7,13,18H,3H2,1-2H3. The van der Waals surface area contributed by atoms with Crippen LogP contribution >= 0.6 is 38.5 Å². The van der Waals surface area contributed by atoms with Gasteiger partial charge in [-0.25, -0.2) is 0 Å². The van der Waals surface area contributed by atoms with Crippen LogP contribution in [0.2, 0.25) is 0 Å². The number of aliphatic hydroxyl groups is 1. The van der Waals surface area contributed by atoms with Gasteiger partial charge in [-0.05, 0) is 47.7 Å². The van der Waals surface area contributed by atoms with Gasteiger partial charge in [0.25, 0.3) is 0 Å². The van der Waals surface area contributed by atoms with E-state index in [0.717, 1.165) is 13.6 Å². The first kappa shape index (κ1) is 14.8. The molecule has 0 aliphatic rings. The Hall–Kier alpha value is -0.600. The lowest BCUT2D eigenvalue weighted by Gasteiger charge is -2.16. The maximum atomic E-state index is 10.6. The van der Waals surface area contributed by atoms with Gasteiger partial charge in [-0.2, -0.15) is 5.10 Å². The molecule has 0 aliphatic carbocycles. The number of aliphatic hydroxyl groups excluding tert-OH is 1. The molecule has 0 amide bonds. The summed E-state index contributed by atoms with van der Waals surface area (Å²) in [5.74, 6) is 0.602. The Balaban J connectivity index is 2.51. The van der Waals surface area contributed by atoms with Crippen LogP contribution < -0.4 is 4.74 Å². The number of methoxy groups -OCH3 is 1. The van der Waals surface area contributed by atoms with Crippen LogP contribution in [-0.2, 0) is 6.54 Å². The molecule has 1 aromatic heterocycles. The molecule has 0 saturated carbocycles. The second kappa shape index (κ2) is 6.23. The predicted octanol–water partition coefficient (Wildman–Crippen LogP) is 3.36. The zero-order valence-electron chi connectivity index (χ0n) is 10.6. The molecule has 0 spiro atoms. The van der Waals surface area contributed by atoms with Crippen molar-refractivity contribution in [1.82, 2.24) is 9.78 Å². The molecule has 6 heteroatoms. The molecule has 0 aliphatic heterocycles. The molecule has 0 fully saturated rings. The zero-order chi connectivity index (χ0) is 14.0. The van der Waals surface area contributed by atoms with E-state index in [1.165, 1.54) is 0 Å². The molecule has 19 heavy (non-hydrogen) atoms. The van der Waals surface area contributed by atoms with Crippen molar-refractivity contribution < 1.29 is 9.84 Å². The maximum Gasteiger partial charge on any atom is 0.163 e. The highest BCUT2D eigenvalue weighted by Crippen LogP contribution is 2.33. The van der Waals surface area contributed by atoms with Gasteiger partial charge >= 0.3 is 0 Å². The number of hydrogen-bond donors (Lipinski definition) is 1. The van der Waals surface area contributed by atoms with E-state index < -0.39 is 6.10 Å². The van der Waals surface area contributed by atoms with Crippen molar-refractivity contribution in [1.29, 1.82) is 0 Å². The number of ether oxygens (including phenoxy) is 1. The van der Waals surface area contributed by atoms with Crippen molar-refractivity contribution in [3.05, 3.63) is 43.7 Å². The molecule has 4 nitrogen and oxygen atoms in total. The molecule has 0 saturated heterocycles. The Morgan fingerprint density at radius 2 is 2.26 bits per heavy atom. The normalized spacial score (nSPS) is 12.5. The average molecular weight is 437 g/mol. The summed E-state index contributed by atoms with van der Waals surface area (Å²) < 4.78 is 8.97. The van der Waals surface area contributed by atoms with Crippen molar-refractivity contribution in [2.45, 2.75) is 19.6 Å². The number of rotatable bonds is 4. The van der Waals surface area contributed by atoms with E-state index in [1.54, 1.807) is 18.0 Å². The van der Waals surface area contributed by atoms with Gasteiger partial charge in [-0.3, -0.25) is 4.68 Å². The van der Waals surface area contributed by atoms with Gasteiger partial charge in [0.05, 0.1) is 13.3 Å². The molecule has 1 atom stereocenters.